The molecule has 13 heavy (non-hydrogen) atoms. The molecule has 0 aromatic carbocycles. The van der Waals surface area contributed by atoms with Crippen LogP contribution in [0.5, 0.6) is 0 Å². The summed E-state index contributed by atoms with van der Waals surface area (Å²) in [5, 5.41) is 0. The van der Waals surface area contributed by atoms with Crippen molar-refractivity contribution in [1.82, 2.24) is 0 Å². The quantitative estimate of drug-likeness (QED) is 0.397. The van der Waals surface area contributed by atoms with Crippen LogP contribution >= 0.6 is 12.4 Å². The second kappa shape index (κ2) is 6.00. The van der Waals surface area contributed by atoms with Gasteiger partial charge >= 0.3 is 7.40 Å². The summed E-state index contributed by atoms with van der Waals surface area (Å²) in [6.45, 7) is 6.41. The summed E-state index contributed by atoms with van der Waals surface area (Å²) < 4.78 is 5.72. The fraction of sp³-hybridized carbons (Fsp3) is 0.667. The van der Waals surface area contributed by atoms with E-state index in [4.69, 9.17) is 4.74 Å². The van der Waals surface area contributed by atoms with Crippen LogP contribution < -0.4 is 0 Å². The standard InChI is InChI=1S/C9H18NO2.ClH/c1-8(2)9(11)12-7-6-10(3,4)5;/h1,6-7H2,2-5H3;1H/q+1;/p+1. The zero-order valence-electron chi connectivity index (χ0n) is 9.79. The molecule has 0 bridgehead atoms. The number of carbonyl (C=O) groups is 1. The minimum absolute atomic E-state index is 0. The first kappa shape index (κ1) is 15.0. The third kappa shape index (κ3) is 9.37. The number of hydrogen-bond acceptors (Lipinski definition) is 2. The second-order valence-corrected chi connectivity index (χ2v) is 3.93. The Morgan fingerprint density at radius 1 is 1.46 bits per heavy atom. The highest BCUT2D eigenvalue weighted by atomic mass is 35.5. The number of esters is 1. The van der Waals surface area contributed by atoms with Crippen LogP contribution in [-0.2, 0) is 9.53 Å². The normalized spacial score (nSPS) is 10.2. The SMILES string of the molecule is C=C(C)C(=O)OCC[N+](C)(C)C.Cl.[H+]. The van der Waals surface area contributed by atoms with E-state index in [1.807, 2.05) is 0 Å². The molecule has 0 saturated heterocycles. The van der Waals surface area contributed by atoms with Crippen molar-refractivity contribution in [3.8, 4) is 0 Å². The number of likely N-dealkylation sites (N-methyl/N-ethyl adjacent to an activating group) is 1. The summed E-state index contributed by atoms with van der Waals surface area (Å²) >= 11 is 0. The van der Waals surface area contributed by atoms with Gasteiger partial charge < -0.3 is 9.22 Å². The van der Waals surface area contributed by atoms with E-state index in [9.17, 15) is 4.79 Å². The number of hydrogen-bond donors (Lipinski definition) is 0. The van der Waals surface area contributed by atoms with E-state index in [1.54, 1.807) is 6.92 Å². The van der Waals surface area contributed by atoms with Crippen molar-refractivity contribution in [2.24, 2.45) is 0 Å². The summed E-state index contributed by atoms with van der Waals surface area (Å²) in [6.07, 6.45) is 0. The molecule has 0 aliphatic rings. The maximum atomic E-state index is 10.9. The molecule has 0 amide bonds. The van der Waals surface area contributed by atoms with Crippen LogP contribution in [0, 0.1) is 0 Å². The van der Waals surface area contributed by atoms with Crippen molar-refractivity contribution in [3.05, 3.63) is 12.2 Å². The van der Waals surface area contributed by atoms with Crippen molar-refractivity contribution in [2.75, 3.05) is 34.3 Å². The summed E-state index contributed by atoms with van der Waals surface area (Å²) in [5.74, 6) is -0.302. The highest BCUT2D eigenvalue weighted by Gasteiger charge is 2.09. The molecule has 0 aliphatic heterocycles. The van der Waals surface area contributed by atoms with E-state index in [0.717, 1.165) is 11.0 Å². The molecular formula is C9H20ClNO2+2. The number of rotatable bonds is 4. The summed E-state index contributed by atoms with van der Waals surface area (Å²) in [5.41, 5.74) is 0.455. The van der Waals surface area contributed by atoms with Crippen molar-refractivity contribution in [2.45, 2.75) is 6.92 Å². The van der Waals surface area contributed by atoms with Crippen LogP contribution in [0.1, 0.15) is 8.35 Å². The second-order valence-electron chi connectivity index (χ2n) is 3.93. The first-order valence-electron chi connectivity index (χ1n) is 3.96. The van der Waals surface area contributed by atoms with Crippen LogP contribution in [0.4, 0.5) is 0 Å². The van der Waals surface area contributed by atoms with E-state index in [1.165, 1.54) is 0 Å². The Morgan fingerprint density at radius 2 is 1.92 bits per heavy atom. The Bertz CT molecular complexity index is 190. The molecule has 0 atom stereocenters. The summed E-state index contributed by atoms with van der Waals surface area (Å²) in [7, 11) is 6.15. The summed E-state index contributed by atoms with van der Waals surface area (Å²) in [6, 6.07) is 0. The van der Waals surface area contributed by atoms with Crippen molar-refractivity contribution < 1.29 is 15.4 Å². The first-order valence-corrected chi connectivity index (χ1v) is 3.96. The smallest absolute Gasteiger partial charge is 0.456 e. The van der Waals surface area contributed by atoms with Gasteiger partial charge in [0.15, 0.2) is 0 Å². The minimum Gasteiger partial charge on any atom is -0.456 e. The Labute approximate surface area is 87.9 Å². The zero-order valence-corrected chi connectivity index (χ0v) is 9.61. The Kier molecular flexibility index (Phi) is 6.90. The average molecular weight is 210 g/mol. The van der Waals surface area contributed by atoms with Crippen molar-refractivity contribution in [3.63, 3.8) is 0 Å². The molecule has 0 saturated carbocycles. The molecule has 0 heterocycles. The average Bonchev–Trinajstić information content (AvgIpc) is 1.84. The number of quaternary nitrogens is 1. The van der Waals surface area contributed by atoms with Gasteiger partial charge in [-0.15, -0.1) is 12.4 Å². The lowest BCUT2D eigenvalue weighted by atomic mass is 10.4. The van der Waals surface area contributed by atoms with E-state index < -0.39 is 0 Å². The molecular weight excluding hydrogens is 190 g/mol. The Hall–Kier alpha value is -0.540. The van der Waals surface area contributed by atoms with Crippen LogP contribution in [0.3, 0.4) is 0 Å². The molecule has 0 spiro atoms. The van der Waals surface area contributed by atoms with Gasteiger partial charge in [0.1, 0.15) is 13.2 Å². The molecule has 0 aromatic heterocycles. The van der Waals surface area contributed by atoms with Gasteiger partial charge in [0.05, 0.1) is 21.1 Å². The third-order valence-electron chi connectivity index (χ3n) is 1.34. The van der Waals surface area contributed by atoms with Gasteiger partial charge in [-0.25, -0.2) is 4.79 Å². The van der Waals surface area contributed by atoms with Crippen LogP contribution in [0.2, 0.25) is 0 Å². The number of nitrogens with zero attached hydrogens (tertiary/aromatic N) is 1. The molecule has 78 valence electrons. The lowest BCUT2D eigenvalue weighted by Crippen LogP contribution is -2.38. The Balaban J connectivity index is -0.000000605. The van der Waals surface area contributed by atoms with E-state index in [0.29, 0.717) is 12.2 Å². The molecule has 0 aliphatic carbocycles. The molecule has 0 aromatic rings. The lowest BCUT2D eigenvalue weighted by Gasteiger charge is -2.23. The highest BCUT2D eigenvalue weighted by molar-refractivity contribution is 5.86. The molecule has 3 nitrogen and oxygen atoms in total. The zero-order chi connectivity index (χ0) is 9.78. The predicted molar refractivity (Wildman–Crippen MR) is 57.0 cm³/mol. The fourth-order valence-electron chi connectivity index (χ4n) is 0.535. The van der Waals surface area contributed by atoms with Gasteiger partial charge in [0, 0.05) is 5.57 Å². The monoisotopic (exact) mass is 209 g/mol. The molecule has 0 rings (SSSR count). The fourth-order valence-corrected chi connectivity index (χ4v) is 0.535. The van der Waals surface area contributed by atoms with Crippen LogP contribution in [-0.4, -0.2) is 44.7 Å². The van der Waals surface area contributed by atoms with Crippen LogP contribution in [0.25, 0.3) is 0 Å². The van der Waals surface area contributed by atoms with Crippen molar-refractivity contribution >= 4 is 18.4 Å². The molecule has 4 heteroatoms. The van der Waals surface area contributed by atoms with Gasteiger partial charge in [-0.1, -0.05) is 6.58 Å². The minimum atomic E-state index is -0.302. The first-order chi connectivity index (χ1) is 5.33. The lowest BCUT2D eigenvalue weighted by molar-refractivity contribution is -0.870. The Morgan fingerprint density at radius 3 is 2.23 bits per heavy atom. The number of ether oxygens (including phenoxy) is 1. The third-order valence-corrected chi connectivity index (χ3v) is 1.34. The summed E-state index contributed by atoms with van der Waals surface area (Å²) in [4.78, 5) is 10.9. The molecule has 0 unspecified atom stereocenters. The van der Waals surface area contributed by atoms with Gasteiger partial charge in [0.25, 0.3) is 0 Å². The maximum Gasteiger partial charge on any atom is 1.00 e. The predicted octanol–water partition coefficient (Wildman–Crippen LogP) is 1.35. The molecule has 0 fully saturated rings. The maximum absolute atomic E-state index is 10.9. The van der Waals surface area contributed by atoms with Gasteiger partial charge in [0.2, 0.25) is 0 Å². The van der Waals surface area contributed by atoms with E-state index >= 15 is 0 Å². The largest absolute Gasteiger partial charge is 1.00 e. The molecule has 0 radical (unpaired) electrons. The van der Waals surface area contributed by atoms with Gasteiger partial charge in [-0.05, 0) is 6.92 Å². The van der Waals surface area contributed by atoms with Crippen molar-refractivity contribution in [1.29, 1.82) is 0 Å². The van der Waals surface area contributed by atoms with E-state index in [-0.39, 0.29) is 19.8 Å². The highest BCUT2D eigenvalue weighted by Crippen LogP contribution is 1.94. The van der Waals surface area contributed by atoms with E-state index in [2.05, 4.69) is 27.7 Å². The van der Waals surface area contributed by atoms with Gasteiger partial charge in [-0.3, -0.25) is 0 Å². The van der Waals surface area contributed by atoms with Crippen LogP contribution in [0.15, 0.2) is 12.2 Å². The number of carbonyl (C=O) groups excluding carboxylic acids is 1. The van der Waals surface area contributed by atoms with Gasteiger partial charge in [-0.2, -0.15) is 0 Å². The topological polar surface area (TPSA) is 26.3 Å². The molecule has 0 N–H and O–H groups in total. The number of halogens is 1.